The van der Waals surface area contributed by atoms with Crippen molar-refractivity contribution in [2.75, 3.05) is 26.3 Å². The lowest BCUT2D eigenvalue weighted by Gasteiger charge is -2.29. The van der Waals surface area contributed by atoms with Crippen molar-refractivity contribution < 1.29 is 14.3 Å². The van der Waals surface area contributed by atoms with Crippen LogP contribution in [0.15, 0.2) is 72.1 Å². The molecule has 1 atom stereocenters. The number of rotatable bonds is 13. The quantitative estimate of drug-likeness (QED) is 0.214. The number of hydrogen-bond acceptors (Lipinski definition) is 4. The van der Waals surface area contributed by atoms with Gasteiger partial charge < -0.3 is 14.5 Å². The van der Waals surface area contributed by atoms with E-state index in [1.165, 1.54) is 0 Å². The molecule has 186 valence electrons. The molecule has 0 aliphatic rings. The van der Waals surface area contributed by atoms with Crippen LogP contribution < -0.4 is 0 Å². The molecule has 0 N–H and O–H groups in total. The maximum atomic E-state index is 13.6. The summed E-state index contributed by atoms with van der Waals surface area (Å²) in [5, 5.41) is 1.19. The van der Waals surface area contributed by atoms with Crippen molar-refractivity contribution in [3.8, 4) is 0 Å². The van der Waals surface area contributed by atoms with E-state index < -0.39 is 5.38 Å². The van der Waals surface area contributed by atoms with Crippen LogP contribution in [-0.4, -0.2) is 47.9 Å². The van der Waals surface area contributed by atoms with E-state index in [-0.39, 0.29) is 18.4 Å². The molecular formula is C28H33ClN2O3S. The molecule has 0 saturated carbocycles. The third-order valence-corrected chi connectivity index (χ3v) is 7.19. The molecule has 0 bridgehead atoms. The first-order valence-corrected chi connectivity index (χ1v) is 13.2. The van der Waals surface area contributed by atoms with Gasteiger partial charge in [-0.3, -0.25) is 9.59 Å². The SMILES string of the molecule is CCOCCCN(CC(=O)N(Cc1ccccc1)Cc1sccc1C)C(=O)C(Cl)c1ccccc1. The van der Waals surface area contributed by atoms with Crippen LogP contribution in [0.3, 0.4) is 0 Å². The third kappa shape index (κ3) is 8.20. The predicted octanol–water partition coefficient (Wildman–Crippen LogP) is 5.82. The Morgan fingerprint density at radius 1 is 0.971 bits per heavy atom. The van der Waals surface area contributed by atoms with Gasteiger partial charge in [0.1, 0.15) is 5.38 Å². The first kappa shape index (κ1) is 26.9. The molecule has 2 aromatic carbocycles. The maximum absolute atomic E-state index is 13.6. The van der Waals surface area contributed by atoms with Crippen LogP contribution in [0.4, 0.5) is 0 Å². The second-order valence-electron chi connectivity index (χ2n) is 8.35. The Bertz CT molecular complexity index is 1060. The van der Waals surface area contributed by atoms with Crippen LogP contribution in [0.1, 0.15) is 40.3 Å². The lowest BCUT2D eigenvalue weighted by molar-refractivity contribution is -0.141. The Morgan fingerprint density at radius 3 is 2.29 bits per heavy atom. The fourth-order valence-electron chi connectivity index (χ4n) is 3.73. The normalized spacial score (nSPS) is 11.7. The van der Waals surface area contributed by atoms with Crippen LogP contribution in [-0.2, 0) is 27.4 Å². The molecule has 1 unspecified atom stereocenters. The van der Waals surface area contributed by atoms with Crippen molar-refractivity contribution in [2.45, 2.75) is 38.7 Å². The zero-order valence-corrected chi connectivity index (χ0v) is 21.9. The van der Waals surface area contributed by atoms with E-state index in [1.807, 2.05) is 77.9 Å². The topological polar surface area (TPSA) is 49.9 Å². The Kier molecular flexibility index (Phi) is 10.8. The Hall–Kier alpha value is -2.67. The summed E-state index contributed by atoms with van der Waals surface area (Å²) in [5.74, 6) is -0.377. The molecule has 0 aliphatic heterocycles. The van der Waals surface area contributed by atoms with Crippen LogP contribution in [0, 0.1) is 6.92 Å². The summed E-state index contributed by atoms with van der Waals surface area (Å²) in [5.41, 5.74) is 2.93. The van der Waals surface area contributed by atoms with Crippen molar-refractivity contribution in [3.63, 3.8) is 0 Å². The van der Waals surface area contributed by atoms with E-state index in [1.54, 1.807) is 16.2 Å². The summed E-state index contributed by atoms with van der Waals surface area (Å²) < 4.78 is 5.46. The number of carbonyl (C=O) groups is 2. The monoisotopic (exact) mass is 512 g/mol. The van der Waals surface area contributed by atoms with E-state index in [9.17, 15) is 9.59 Å². The molecule has 3 rings (SSSR count). The van der Waals surface area contributed by atoms with Gasteiger partial charge in [-0.2, -0.15) is 0 Å². The van der Waals surface area contributed by atoms with Gasteiger partial charge in [0.15, 0.2) is 0 Å². The summed E-state index contributed by atoms with van der Waals surface area (Å²) in [6.07, 6.45) is 0.633. The largest absolute Gasteiger partial charge is 0.382 e. The van der Waals surface area contributed by atoms with E-state index in [0.29, 0.717) is 39.3 Å². The summed E-state index contributed by atoms with van der Waals surface area (Å²) in [7, 11) is 0. The Balaban J connectivity index is 1.78. The fraction of sp³-hybridized carbons (Fsp3) is 0.357. The molecule has 0 saturated heterocycles. The summed E-state index contributed by atoms with van der Waals surface area (Å²) in [6.45, 7) is 6.47. The lowest BCUT2D eigenvalue weighted by atomic mass is 10.1. The maximum Gasteiger partial charge on any atom is 0.245 e. The number of ether oxygens (including phenoxy) is 1. The van der Waals surface area contributed by atoms with Crippen molar-refractivity contribution in [3.05, 3.63) is 93.7 Å². The van der Waals surface area contributed by atoms with Gasteiger partial charge in [0.25, 0.3) is 0 Å². The Morgan fingerprint density at radius 2 is 1.66 bits per heavy atom. The van der Waals surface area contributed by atoms with Crippen LogP contribution in [0.5, 0.6) is 0 Å². The summed E-state index contributed by atoms with van der Waals surface area (Å²) in [6, 6.07) is 21.2. The molecule has 35 heavy (non-hydrogen) atoms. The van der Waals surface area contributed by atoms with Crippen LogP contribution >= 0.6 is 22.9 Å². The molecule has 0 fully saturated rings. The van der Waals surface area contributed by atoms with Gasteiger partial charge in [-0.05, 0) is 48.4 Å². The molecule has 5 nitrogen and oxygen atoms in total. The number of amides is 2. The molecule has 1 aromatic heterocycles. The predicted molar refractivity (Wildman–Crippen MR) is 142 cm³/mol. The van der Waals surface area contributed by atoms with Gasteiger partial charge in [-0.25, -0.2) is 0 Å². The van der Waals surface area contributed by atoms with Gasteiger partial charge in [0.05, 0.1) is 13.1 Å². The number of benzene rings is 2. The first-order chi connectivity index (χ1) is 17.0. The molecule has 0 radical (unpaired) electrons. The van der Waals surface area contributed by atoms with Crippen molar-refractivity contribution in [2.24, 2.45) is 0 Å². The number of aryl methyl sites for hydroxylation is 1. The number of nitrogens with zero attached hydrogens (tertiary/aromatic N) is 2. The van der Waals surface area contributed by atoms with Crippen molar-refractivity contribution in [1.29, 1.82) is 0 Å². The van der Waals surface area contributed by atoms with Crippen LogP contribution in [0.25, 0.3) is 0 Å². The lowest BCUT2D eigenvalue weighted by Crippen LogP contribution is -2.44. The highest BCUT2D eigenvalue weighted by Crippen LogP contribution is 2.24. The standard InChI is InChI=1S/C28H33ClN2O3S/c1-3-34-17-10-16-30(28(33)27(29)24-13-8-5-9-14-24)21-26(32)31(19-23-11-6-4-7-12-23)20-25-22(2)15-18-35-25/h4-9,11-15,18,27H,3,10,16-17,19-21H2,1-2H3. The van der Waals surface area contributed by atoms with E-state index >= 15 is 0 Å². The van der Waals surface area contributed by atoms with E-state index in [2.05, 4.69) is 13.0 Å². The minimum absolute atomic E-state index is 0.0295. The average Bonchev–Trinajstić information content (AvgIpc) is 3.29. The van der Waals surface area contributed by atoms with Gasteiger partial charge in [0, 0.05) is 31.2 Å². The molecular weight excluding hydrogens is 480 g/mol. The average molecular weight is 513 g/mol. The molecule has 3 aromatic rings. The number of alkyl halides is 1. The Labute approximate surface area is 217 Å². The number of carbonyl (C=O) groups excluding carboxylic acids is 2. The number of hydrogen-bond donors (Lipinski definition) is 0. The van der Waals surface area contributed by atoms with Crippen molar-refractivity contribution >= 4 is 34.8 Å². The summed E-state index contributed by atoms with van der Waals surface area (Å²) in [4.78, 5) is 31.5. The van der Waals surface area contributed by atoms with E-state index in [4.69, 9.17) is 16.3 Å². The zero-order chi connectivity index (χ0) is 25.0. The smallest absolute Gasteiger partial charge is 0.245 e. The minimum atomic E-state index is -0.849. The highest BCUT2D eigenvalue weighted by molar-refractivity contribution is 7.10. The molecule has 0 spiro atoms. The van der Waals surface area contributed by atoms with Gasteiger partial charge in [-0.15, -0.1) is 22.9 Å². The number of thiophene rings is 1. The van der Waals surface area contributed by atoms with Gasteiger partial charge in [-0.1, -0.05) is 60.7 Å². The zero-order valence-electron chi connectivity index (χ0n) is 20.4. The molecule has 7 heteroatoms. The van der Waals surface area contributed by atoms with Gasteiger partial charge >= 0.3 is 0 Å². The van der Waals surface area contributed by atoms with Gasteiger partial charge in [0.2, 0.25) is 11.8 Å². The highest BCUT2D eigenvalue weighted by atomic mass is 35.5. The molecule has 1 heterocycles. The van der Waals surface area contributed by atoms with E-state index in [0.717, 1.165) is 21.6 Å². The fourth-order valence-corrected chi connectivity index (χ4v) is 4.94. The van der Waals surface area contributed by atoms with Crippen molar-refractivity contribution in [1.82, 2.24) is 9.80 Å². The highest BCUT2D eigenvalue weighted by Gasteiger charge is 2.27. The first-order valence-electron chi connectivity index (χ1n) is 11.9. The minimum Gasteiger partial charge on any atom is -0.382 e. The summed E-state index contributed by atoms with van der Waals surface area (Å²) >= 11 is 8.21. The second-order valence-corrected chi connectivity index (χ2v) is 9.78. The molecule has 0 aliphatic carbocycles. The molecule has 2 amide bonds. The van der Waals surface area contributed by atoms with Crippen LogP contribution in [0.2, 0.25) is 0 Å². The second kappa shape index (κ2) is 14.0. The third-order valence-electron chi connectivity index (χ3n) is 5.74. The number of halogens is 1.